The number of rotatable bonds is 4. The average Bonchev–Trinajstić information content (AvgIpc) is 2.53. The third kappa shape index (κ3) is 2.69. The fourth-order valence-electron chi connectivity index (χ4n) is 2.39. The number of nitrogens with zero attached hydrogens (tertiary/aromatic N) is 1. The Balaban J connectivity index is 1.87. The van der Waals surface area contributed by atoms with Crippen LogP contribution in [0.3, 0.4) is 0 Å². The van der Waals surface area contributed by atoms with Crippen molar-refractivity contribution < 1.29 is 0 Å². The second-order valence-electron chi connectivity index (χ2n) is 4.83. The smallest absolute Gasteiger partial charge is 0.0705 e. The second kappa shape index (κ2) is 5.82. The van der Waals surface area contributed by atoms with Crippen LogP contribution in [0, 0.1) is 0 Å². The van der Waals surface area contributed by atoms with Crippen molar-refractivity contribution >= 4 is 10.9 Å². The lowest BCUT2D eigenvalue weighted by Gasteiger charge is -2.16. The van der Waals surface area contributed by atoms with Crippen LogP contribution in [0.5, 0.6) is 0 Å². The van der Waals surface area contributed by atoms with Crippen molar-refractivity contribution in [3.63, 3.8) is 0 Å². The lowest BCUT2D eigenvalue weighted by molar-refractivity contribution is 0.547. The summed E-state index contributed by atoms with van der Waals surface area (Å²) in [7, 11) is 0. The van der Waals surface area contributed by atoms with Crippen molar-refractivity contribution in [2.75, 3.05) is 0 Å². The summed E-state index contributed by atoms with van der Waals surface area (Å²) in [6, 6.07) is 22.6. The van der Waals surface area contributed by atoms with Gasteiger partial charge in [-0.15, -0.1) is 0 Å². The average molecular weight is 263 g/mol. The van der Waals surface area contributed by atoms with Crippen molar-refractivity contribution in [2.45, 2.75) is 12.5 Å². The number of nitrogens with one attached hydrogen (secondary N) is 1. The van der Waals surface area contributed by atoms with Crippen LogP contribution in [0.15, 0.2) is 66.7 Å². The molecule has 2 aromatic carbocycles. The minimum absolute atomic E-state index is 0.0739. The lowest BCUT2D eigenvalue weighted by Crippen LogP contribution is -2.29. The number of para-hydroxylation sites is 1. The molecule has 1 aromatic heterocycles. The predicted octanol–water partition coefficient (Wildman–Crippen LogP) is 2.98. The van der Waals surface area contributed by atoms with Gasteiger partial charge >= 0.3 is 0 Å². The normalized spacial score (nSPS) is 12.4. The van der Waals surface area contributed by atoms with E-state index in [9.17, 15) is 0 Å². The monoisotopic (exact) mass is 263 g/mol. The standard InChI is InChI=1S/C17H17N3/c18-20-17(13-6-2-1-3-7-13)12-15-11-10-14-8-4-5-9-16(14)19-15/h1-11,17,20H,12,18H2. The van der Waals surface area contributed by atoms with E-state index in [4.69, 9.17) is 10.8 Å². The van der Waals surface area contributed by atoms with Crippen LogP contribution >= 0.6 is 0 Å². The Kier molecular flexibility index (Phi) is 3.72. The highest BCUT2D eigenvalue weighted by atomic mass is 15.2. The first kappa shape index (κ1) is 12.8. The molecule has 100 valence electrons. The summed E-state index contributed by atoms with van der Waals surface area (Å²) >= 11 is 0. The van der Waals surface area contributed by atoms with E-state index in [1.807, 2.05) is 36.4 Å². The second-order valence-corrected chi connectivity index (χ2v) is 4.83. The Bertz CT molecular complexity index is 695. The Morgan fingerprint density at radius 1 is 0.900 bits per heavy atom. The van der Waals surface area contributed by atoms with Gasteiger partial charge in [-0.25, -0.2) is 0 Å². The number of fused-ring (bicyclic) bond motifs is 1. The zero-order valence-corrected chi connectivity index (χ0v) is 11.2. The molecule has 0 bridgehead atoms. The molecule has 0 aliphatic heterocycles. The fourth-order valence-corrected chi connectivity index (χ4v) is 2.39. The van der Waals surface area contributed by atoms with Crippen molar-refractivity contribution in [3.8, 4) is 0 Å². The predicted molar refractivity (Wildman–Crippen MR) is 82.0 cm³/mol. The van der Waals surface area contributed by atoms with Crippen LogP contribution < -0.4 is 11.3 Å². The van der Waals surface area contributed by atoms with E-state index in [0.717, 1.165) is 23.0 Å². The third-order valence-corrected chi connectivity index (χ3v) is 3.47. The maximum atomic E-state index is 5.69. The number of benzene rings is 2. The van der Waals surface area contributed by atoms with E-state index in [2.05, 4.69) is 35.8 Å². The van der Waals surface area contributed by atoms with Crippen LogP contribution in [-0.2, 0) is 6.42 Å². The van der Waals surface area contributed by atoms with Crippen LogP contribution in [0.4, 0.5) is 0 Å². The molecular weight excluding hydrogens is 246 g/mol. The summed E-state index contributed by atoms with van der Waals surface area (Å²) in [6.45, 7) is 0. The summed E-state index contributed by atoms with van der Waals surface area (Å²) in [5.74, 6) is 5.69. The van der Waals surface area contributed by atoms with Crippen molar-refractivity contribution in [1.29, 1.82) is 0 Å². The number of hydrogen-bond donors (Lipinski definition) is 2. The van der Waals surface area contributed by atoms with Crippen LogP contribution in [0.2, 0.25) is 0 Å². The highest BCUT2D eigenvalue weighted by molar-refractivity contribution is 5.78. The molecule has 3 rings (SSSR count). The Hall–Kier alpha value is -2.23. The lowest BCUT2D eigenvalue weighted by atomic mass is 10.0. The first-order valence-electron chi connectivity index (χ1n) is 6.72. The molecule has 0 amide bonds. The van der Waals surface area contributed by atoms with Gasteiger partial charge in [-0.1, -0.05) is 54.6 Å². The van der Waals surface area contributed by atoms with Gasteiger partial charge in [0.05, 0.1) is 11.6 Å². The van der Waals surface area contributed by atoms with Crippen LogP contribution in [-0.4, -0.2) is 4.98 Å². The maximum Gasteiger partial charge on any atom is 0.0705 e. The molecule has 20 heavy (non-hydrogen) atoms. The van der Waals surface area contributed by atoms with E-state index >= 15 is 0 Å². The van der Waals surface area contributed by atoms with Gasteiger partial charge in [-0.3, -0.25) is 16.3 Å². The largest absolute Gasteiger partial charge is 0.271 e. The van der Waals surface area contributed by atoms with E-state index in [1.54, 1.807) is 0 Å². The molecule has 0 fully saturated rings. The number of nitrogens with two attached hydrogens (primary N) is 1. The van der Waals surface area contributed by atoms with Crippen molar-refractivity contribution in [1.82, 2.24) is 10.4 Å². The van der Waals surface area contributed by atoms with E-state index < -0.39 is 0 Å². The highest BCUT2D eigenvalue weighted by Crippen LogP contribution is 2.18. The number of pyridine rings is 1. The summed E-state index contributed by atoms with van der Waals surface area (Å²) < 4.78 is 0. The van der Waals surface area contributed by atoms with Gasteiger partial charge in [-0.05, 0) is 17.7 Å². The summed E-state index contributed by atoms with van der Waals surface area (Å²) in [5.41, 5.74) is 6.11. The van der Waals surface area contributed by atoms with Crippen molar-refractivity contribution in [2.24, 2.45) is 5.84 Å². The molecule has 0 saturated heterocycles. The molecule has 3 heteroatoms. The van der Waals surface area contributed by atoms with Gasteiger partial charge in [0, 0.05) is 17.5 Å². The Morgan fingerprint density at radius 3 is 2.45 bits per heavy atom. The highest BCUT2D eigenvalue weighted by Gasteiger charge is 2.11. The van der Waals surface area contributed by atoms with Gasteiger partial charge in [0.15, 0.2) is 0 Å². The Morgan fingerprint density at radius 2 is 1.65 bits per heavy atom. The van der Waals surface area contributed by atoms with E-state index in [0.29, 0.717) is 0 Å². The molecule has 0 radical (unpaired) electrons. The van der Waals surface area contributed by atoms with Crippen molar-refractivity contribution in [3.05, 3.63) is 78.0 Å². The van der Waals surface area contributed by atoms with Crippen LogP contribution in [0.1, 0.15) is 17.3 Å². The minimum Gasteiger partial charge on any atom is -0.271 e. The van der Waals surface area contributed by atoms with E-state index in [1.165, 1.54) is 5.56 Å². The molecule has 1 unspecified atom stereocenters. The van der Waals surface area contributed by atoms with E-state index in [-0.39, 0.29) is 6.04 Å². The zero-order valence-electron chi connectivity index (χ0n) is 11.2. The fraction of sp³-hybridized carbons (Fsp3) is 0.118. The zero-order chi connectivity index (χ0) is 13.8. The molecule has 0 saturated carbocycles. The summed E-state index contributed by atoms with van der Waals surface area (Å²) in [4.78, 5) is 4.69. The van der Waals surface area contributed by atoms with Crippen LogP contribution in [0.25, 0.3) is 10.9 Å². The minimum atomic E-state index is 0.0739. The molecule has 3 nitrogen and oxygen atoms in total. The summed E-state index contributed by atoms with van der Waals surface area (Å²) in [6.07, 6.45) is 0.769. The molecule has 1 atom stereocenters. The SMILES string of the molecule is NNC(Cc1ccc2ccccc2n1)c1ccccc1. The number of aromatic nitrogens is 1. The molecular formula is C17H17N3. The molecule has 0 aliphatic rings. The maximum absolute atomic E-state index is 5.69. The van der Waals surface area contributed by atoms with Gasteiger partial charge in [0.2, 0.25) is 0 Å². The number of hydrazine groups is 1. The number of hydrogen-bond acceptors (Lipinski definition) is 3. The third-order valence-electron chi connectivity index (χ3n) is 3.47. The quantitative estimate of drug-likeness (QED) is 0.562. The van der Waals surface area contributed by atoms with Gasteiger partial charge in [0.1, 0.15) is 0 Å². The molecule has 1 heterocycles. The topological polar surface area (TPSA) is 50.9 Å². The molecule has 0 spiro atoms. The molecule has 3 aromatic rings. The van der Waals surface area contributed by atoms with Gasteiger partial charge < -0.3 is 0 Å². The first-order chi connectivity index (χ1) is 9.86. The van der Waals surface area contributed by atoms with Gasteiger partial charge in [0.25, 0.3) is 0 Å². The first-order valence-corrected chi connectivity index (χ1v) is 6.72. The molecule has 0 aliphatic carbocycles. The molecule has 3 N–H and O–H groups in total. The summed E-state index contributed by atoms with van der Waals surface area (Å²) in [5, 5.41) is 1.16. The Labute approximate surface area is 118 Å². The van der Waals surface area contributed by atoms with Gasteiger partial charge in [-0.2, -0.15) is 0 Å².